The molecule has 0 saturated heterocycles. The molecule has 3 rings (SSSR count). The largest absolute Gasteiger partial charge is 0.494 e. The van der Waals surface area contributed by atoms with E-state index in [0.29, 0.717) is 28.5 Å². The number of rotatable bonds is 5. The van der Waals surface area contributed by atoms with E-state index in [1.807, 2.05) is 6.92 Å². The summed E-state index contributed by atoms with van der Waals surface area (Å²) in [6.07, 6.45) is 2.81. The van der Waals surface area contributed by atoms with Crippen molar-refractivity contribution in [2.24, 2.45) is 5.73 Å². The number of aryl methyl sites for hydroxylation is 1. The predicted molar refractivity (Wildman–Crippen MR) is 106 cm³/mol. The lowest BCUT2D eigenvalue weighted by Crippen LogP contribution is -2.34. The van der Waals surface area contributed by atoms with Gasteiger partial charge in [0.05, 0.1) is 12.2 Å². The van der Waals surface area contributed by atoms with Crippen LogP contribution in [0.15, 0.2) is 24.3 Å². The van der Waals surface area contributed by atoms with E-state index in [4.69, 9.17) is 22.7 Å². The van der Waals surface area contributed by atoms with Crippen molar-refractivity contribution in [2.75, 3.05) is 11.9 Å². The van der Waals surface area contributed by atoms with Crippen molar-refractivity contribution >= 4 is 45.5 Å². The molecule has 2 aromatic rings. The van der Waals surface area contributed by atoms with Gasteiger partial charge in [-0.2, -0.15) is 0 Å². The number of nitrogens with two attached hydrogens (primary N) is 1. The summed E-state index contributed by atoms with van der Waals surface area (Å²) in [5.74, 6) is -0.219. The van der Waals surface area contributed by atoms with Crippen LogP contribution in [0.1, 0.15) is 44.5 Å². The maximum atomic E-state index is 12.4. The first-order valence-corrected chi connectivity index (χ1v) is 9.51. The highest BCUT2D eigenvalue weighted by molar-refractivity contribution is 7.80. The Balaban J connectivity index is 1.71. The molecule has 0 spiro atoms. The minimum absolute atomic E-state index is 0.124. The topological polar surface area (TPSA) is 93.4 Å². The Morgan fingerprint density at radius 1 is 1.35 bits per heavy atom. The minimum atomic E-state index is -0.481. The Morgan fingerprint density at radius 2 is 2.15 bits per heavy atom. The second-order valence-corrected chi connectivity index (χ2v) is 7.31. The van der Waals surface area contributed by atoms with Crippen molar-refractivity contribution in [1.82, 2.24) is 5.32 Å². The second kappa shape index (κ2) is 7.84. The van der Waals surface area contributed by atoms with Crippen molar-refractivity contribution in [2.45, 2.75) is 26.2 Å². The van der Waals surface area contributed by atoms with Crippen LogP contribution in [0, 0.1) is 0 Å². The molecular formula is C18H19N3O3S2. The lowest BCUT2D eigenvalue weighted by atomic mass is 10.1. The number of carbonyl (C=O) groups excluding carboxylic acids is 2. The smallest absolute Gasteiger partial charge is 0.257 e. The zero-order chi connectivity index (χ0) is 18.7. The number of benzene rings is 1. The summed E-state index contributed by atoms with van der Waals surface area (Å²) in [6, 6.07) is 6.85. The number of carbonyl (C=O) groups is 2. The highest BCUT2D eigenvalue weighted by Gasteiger charge is 2.25. The average Bonchev–Trinajstić information content (AvgIpc) is 3.15. The molecule has 0 fully saturated rings. The normalized spacial score (nSPS) is 12.3. The molecule has 1 aromatic carbocycles. The van der Waals surface area contributed by atoms with Crippen molar-refractivity contribution in [3.63, 3.8) is 0 Å². The monoisotopic (exact) mass is 389 g/mol. The van der Waals surface area contributed by atoms with Crippen molar-refractivity contribution < 1.29 is 14.3 Å². The third-order valence-corrected chi connectivity index (χ3v) is 5.44. The first-order chi connectivity index (χ1) is 12.5. The Bertz CT molecular complexity index is 877. The lowest BCUT2D eigenvalue weighted by Gasteiger charge is -2.10. The highest BCUT2D eigenvalue weighted by Crippen LogP contribution is 2.38. The Morgan fingerprint density at radius 3 is 2.88 bits per heavy atom. The van der Waals surface area contributed by atoms with Crippen LogP contribution in [-0.2, 0) is 12.8 Å². The van der Waals surface area contributed by atoms with Crippen LogP contribution < -0.4 is 21.1 Å². The molecule has 4 N–H and O–H groups in total. The molecule has 1 aliphatic carbocycles. The van der Waals surface area contributed by atoms with Crippen LogP contribution in [0.3, 0.4) is 0 Å². The first kappa shape index (κ1) is 18.3. The van der Waals surface area contributed by atoms with Gasteiger partial charge in [0.2, 0.25) is 0 Å². The number of hydrogen-bond donors (Lipinski definition) is 3. The summed E-state index contributed by atoms with van der Waals surface area (Å²) < 4.78 is 5.40. The lowest BCUT2D eigenvalue weighted by molar-refractivity contribution is 0.0975. The molecule has 0 unspecified atom stereocenters. The number of primary amides is 1. The van der Waals surface area contributed by atoms with Crippen molar-refractivity contribution in [3.05, 3.63) is 45.8 Å². The van der Waals surface area contributed by atoms with E-state index in [1.165, 1.54) is 11.3 Å². The molecular weight excluding hydrogens is 370 g/mol. The van der Waals surface area contributed by atoms with Gasteiger partial charge in [-0.25, -0.2) is 0 Å². The van der Waals surface area contributed by atoms with E-state index in [1.54, 1.807) is 24.3 Å². The van der Waals surface area contributed by atoms with Crippen LogP contribution in [0.5, 0.6) is 5.75 Å². The Kier molecular flexibility index (Phi) is 5.53. The van der Waals surface area contributed by atoms with Crippen LogP contribution >= 0.6 is 23.6 Å². The summed E-state index contributed by atoms with van der Waals surface area (Å²) in [5.41, 5.74) is 7.45. The van der Waals surface area contributed by atoms with E-state index in [9.17, 15) is 9.59 Å². The van der Waals surface area contributed by atoms with Gasteiger partial charge < -0.3 is 15.8 Å². The van der Waals surface area contributed by atoms with Crippen LogP contribution in [0.4, 0.5) is 5.00 Å². The number of hydrogen-bond acceptors (Lipinski definition) is 5. The second-order valence-electron chi connectivity index (χ2n) is 5.79. The molecule has 0 atom stereocenters. The minimum Gasteiger partial charge on any atom is -0.494 e. The van der Waals surface area contributed by atoms with Crippen LogP contribution in [0.25, 0.3) is 0 Å². The fraction of sp³-hybridized carbons (Fsp3) is 0.278. The first-order valence-electron chi connectivity index (χ1n) is 8.29. The fourth-order valence-electron chi connectivity index (χ4n) is 2.96. The van der Waals surface area contributed by atoms with Gasteiger partial charge in [0.25, 0.3) is 11.8 Å². The Hall–Kier alpha value is -2.45. The summed E-state index contributed by atoms with van der Waals surface area (Å²) in [7, 11) is 0. The molecule has 1 aromatic heterocycles. The third kappa shape index (κ3) is 3.86. The SMILES string of the molecule is CCOc1cccc(C(=O)NC(=S)Nc2sc3c(c2C(N)=O)CCC3)c1. The zero-order valence-electron chi connectivity index (χ0n) is 14.3. The molecule has 0 bridgehead atoms. The van der Waals surface area contributed by atoms with Gasteiger partial charge in [-0.3, -0.25) is 14.9 Å². The summed E-state index contributed by atoms with van der Waals surface area (Å²) in [5, 5.41) is 6.29. The Labute approximate surface area is 160 Å². The number of amides is 2. The van der Waals surface area contributed by atoms with Gasteiger partial charge in [0, 0.05) is 10.4 Å². The van der Waals surface area contributed by atoms with E-state index in [-0.39, 0.29) is 11.0 Å². The number of ether oxygens (including phenoxy) is 1. The van der Waals surface area contributed by atoms with Gasteiger partial charge in [-0.05, 0) is 62.2 Å². The number of fused-ring (bicyclic) bond motifs is 1. The molecule has 136 valence electrons. The maximum absolute atomic E-state index is 12.4. The van der Waals surface area contributed by atoms with Gasteiger partial charge in [-0.1, -0.05) is 6.07 Å². The van der Waals surface area contributed by atoms with Crippen LogP contribution in [-0.4, -0.2) is 23.5 Å². The number of thiophene rings is 1. The highest BCUT2D eigenvalue weighted by atomic mass is 32.1. The molecule has 6 nitrogen and oxygen atoms in total. The van der Waals surface area contributed by atoms with E-state index < -0.39 is 5.91 Å². The van der Waals surface area contributed by atoms with Gasteiger partial charge in [0.1, 0.15) is 10.8 Å². The molecule has 0 aliphatic heterocycles. The summed E-state index contributed by atoms with van der Waals surface area (Å²) in [6.45, 7) is 2.39. The molecule has 26 heavy (non-hydrogen) atoms. The molecule has 8 heteroatoms. The predicted octanol–water partition coefficient (Wildman–Crippen LogP) is 2.86. The molecule has 1 aliphatic rings. The quantitative estimate of drug-likeness (QED) is 0.684. The van der Waals surface area contributed by atoms with Crippen LogP contribution in [0.2, 0.25) is 0 Å². The standard InChI is InChI=1S/C18H19N3O3S2/c1-2-24-11-6-3-5-10(9-11)16(23)20-18(25)21-17-14(15(19)22)12-7-4-8-13(12)26-17/h3,5-6,9H,2,4,7-8H2,1H3,(H2,19,22)(H2,20,21,23,25). The zero-order valence-corrected chi connectivity index (χ0v) is 15.9. The van der Waals surface area contributed by atoms with Crippen molar-refractivity contribution in [3.8, 4) is 5.75 Å². The number of nitrogens with one attached hydrogen (secondary N) is 2. The average molecular weight is 390 g/mol. The summed E-state index contributed by atoms with van der Waals surface area (Å²) in [4.78, 5) is 25.3. The third-order valence-electron chi connectivity index (χ3n) is 4.03. The van der Waals surface area contributed by atoms with E-state index >= 15 is 0 Å². The number of anilines is 1. The molecule has 2 amide bonds. The molecule has 0 saturated carbocycles. The van der Waals surface area contributed by atoms with Gasteiger partial charge >= 0.3 is 0 Å². The molecule has 1 heterocycles. The summed E-state index contributed by atoms with van der Waals surface area (Å²) >= 11 is 6.70. The molecule has 0 radical (unpaired) electrons. The van der Waals surface area contributed by atoms with E-state index in [2.05, 4.69) is 10.6 Å². The van der Waals surface area contributed by atoms with E-state index in [0.717, 1.165) is 29.7 Å². The van der Waals surface area contributed by atoms with Crippen molar-refractivity contribution in [1.29, 1.82) is 0 Å². The van der Waals surface area contributed by atoms with Gasteiger partial charge in [-0.15, -0.1) is 11.3 Å². The van der Waals surface area contributed by atoms with Gasteiger partial charge in [0.15, 0.2) is 5.11 Å². The fourth-order valence-corrected chi connectivity index (χ4v) is 4.51. The maximum Gasteiger partial charge on any atom is 0.257 e. The number of thiocarbonyl (C=S) groups is 1.